The van der Waals surface area contributed by atoms with Gasteiger partial charge < -0.3 is 9.47 Å². The van der Waals surface area contributed by atoms with Crippen LogP contribution in [0.15, 0.2) is 23.6 Å². The zero-order chi connectivity index (χ0) is 18.4. The first-order valence-corrected chi connectivity index (χ1v) is 8.49. The smallest absolute Gasteiger partial charge is 0.344 e. The van der Waals surface area contributed by atoms with Gasteiger partial charge in [0.2, 0.25) is 0 Å². The van der Waals surface area contributed by atoms with E-state index in [2.05, 4.69) is 4.98 Å². The molecule has 1 aromatic heterocycles. The maximum atomic E-state index is 12.1. The Bertz CT molecular complexity index is 823. The number of hydrogen-bond donors (Lipinski definition) is 0. The average Bonchev–Trinajstić information content (AvgIpc) is 3.01. The molecule has 25 heavy (non-hydrogen) atoms. The third-order valence-electron chi connectivity index (χ3n) is 3.61. The Labute approximate surface area is 150 Å². The van der Waals surface area contributed by atoms with Gasteiger partial charge in [-0.1, -0.05) is 12.1 Å². The van der Waals surface area contributed by atoms with E-state index in [4.69, 9.17) is 14.7 Å². The van der Waals surface area contributed by atoms with Crippen molar-refractivity contribution in [3.8, 4) is 11.8 Å². The molecule has 0 unspecified atom stereocenters. The van der Waals surface area contributed by atoms with Gasteiger partial charge in [-0.25, -0.2) is 9.78 Å². The van der Waals surface area contributed by atoms with Crippen LogP contribution < -0.4 is 4.74 Å². The summed E-state index contributed by atoms with van der Waals surface area (Å²) in [6.45, 7) is 4.84. The highest BCUT2D eigenvalue weighted by molar-refractivity contribution is 7.09. The Hall–Kier alpha value is -2.72. The molecule has 1 aromatic carbocycles. The van der Waals surface area contributed by atoms with E-state index in [0.29, 0.717) is 10.8 Å². The molecular weight excluding hydrogens is 340 g/mol. The first kappa shape index (κ1) is 18.6. The third kappa shape index (κ3) is 4.88. The Morgan fingerprint density at radius 3 is 2.68 bits per heavy atom. The van der Waals surface area contributed by atoms with Gasteiger partial charge in [0.25, 0.3) is 0 Å². The molecule has 0 aliphatic heterocycles. The van der Waals surface area contributed by atoms with Crippen molar-refractivity contribution in [2.45, 2.75) is 26.7 Å². The molecule has 0 saturated heterocycles. The minimum atomic E-state index is -1.02. The van der Waals surface area contributed by atoms with E-state index in [-0.39, 0.29) is 6.61 Å². The summed E-state index contributed by atoms with van der Waals surface area (Å²) >= 11 is 1.24. The number of aryl methyl sites for hydroxylation is 2. The van der Waals surface area contributed by atoms with E-state index in [9.17, 15) is 9.59 Å². The van der Waals surface area contributed by atoms with E-state index >= 15 is 0 Å². The molecule has 6 nitrogen and oxygen atoms in total. The Morgan fingerprint density at radius 1 is 1.28 bits per heavy atom. The summed E-state index contributed by atoms with van der Waals surface area (Å²) in [6.07, 6.45) is 0. The number of Topliss-reactive ketones (excluding diaryl/α,β-unsaturated/α-hetero) is 1. The van der Waals surface area contributed by atoms with Gasteiger partial charge in [-0.05, 0) is 38.0 Å². The number of thiazole rings is 1. The highest BCUT2D eigenvalue weighted by atomic mass is 32.1. The van der Waals surface area contributed by atoms with Gasteiger partial charge in [-0.3, -0.25) is 4.79 Å². The van der Waals surface area contributed by atoms with Gasteiger partial charge in [-0.15, -0.1) is 11.3 Å². The molecule has 0 aliphatic carbocycles. The van der Waals surface area contributed by atoms with Crippen molar-refractivity contribution < 1.29 is 19.1 Å². The first-order valence-electron chi connectivity index (χ1n) is 7.61. The maximum Gasteiger partial charge on any atom is 0.344 e. The molecule has 1 atom stereocenters. The second kappa shape index (κ2) is 8.40. The van der Waals surface area contributed by atoms with E-state index in [1.807, 2.05) is 32.0 Å². The standard InChI is InChI=1S/C18H18N2O4S/c1-11-5-4-6-16(13(11)3)23-9-17(22)24-8-15(21)14(7-19)18-20-12(2)10-25-18/h4-6,10,14H,8-9H2,1-3H3/t14-/m1/s1. The summed E-state index contributed by atoms with van der Waals surface area (Å²) in [4.78, 5) is 28.0. The minimum absolute atomic E-state index is 0.300. The zero-order valence-corrected chi connectivity index (χ0v) is 15.1. The number of nitriles is 1. The van der Waals surface area contributed by atoms with Crippen molar-refractivity contribution in [1.29, 1.82) is 5.26 Å². The Morgan fingerprint density at radius 2 is 2.04 bits per heavy atom. The minimum Gasteiger partial charge on any atom is -0.482 e. The fourth-order valence-electron chi connectivity index (χ4n) is 2.06. The number of nitrogens with zero attached hydrogens (tertiary/aromatic N) is 2. The molecule has 0 radical (unpaired) electrons. The van der Waals surface area contributed by atoms with E-state index in [1.165, 1.54) is 11.3 Å². The molecule has 0 bridgehead atoms. The quantitative estimate of drug-likeness (QED) is 0.707. The number of carbonyl (C=O) groups excluding carboxylic acids is 2. The van der Waals surface area contributed by atoms with Crippen molar-refractivity contribution >= 4 is 23.1 Å². The van der Waals surface area contributed by atoms with Gasteiger partial charge in [0, 0.05) is 11.1 Å². The lowest BCUT2D eigenvalue weighted by Crippen LogP contribution is -2.23. The number of aromatic nitrogens is 1. The van der Waals surface area contributed by atoms with Crippen LogP contribution in [-0.4, -0.2) is 30.0 Å². The number of rotatable bonds is 7. The number of hydrogen-bond acceptors (Lipinski definition) is 7. The summed E-state index contributed by atoms with van der Waals surface area (Å²) in [6, 6.07) is 7.44. The fourth-order valence-corrected chi connectivity index (χ4v) is 2.92. The molecule has 1 heterocycles. The monoisotopic (exact) mass is 358 g/mol. The SMILES string of the molecule is Cc1csc([C@H](C#N)C(=O)COC(=O)COc2cccc(C)c2C)n1. The lowest BCUT2D eigenvalue weighted by atomic mass is 10.1. The molecule has 2 aromatic rings. The van der Waals surface area contributed by atoms with Crippen LogP contribution in [0.1, 0.15) is 27.7 Å². The molecule has 0 spiro atoms. The number of ether oxygens (including phenoxy) is 2. The second-order valence-electron chi connectivity index (χ2n) is 5.50. The number of benzene rings is 1. The lowest BCUT2D eigenvalue weighted by Gasteiger charge is -2.11. The van der Waals surface area contributed by atoms with Crippen molar-refractivity contribution in [3.63, 3.8) is 0 Å². The van der Waals surface area contributed by atoms with Gasteiger partial charge in [-0.2, -0.15) is 5.26 Å². The van der Waals surface area contributed by atoms with Crippen LogP contribution in [0.3, 0.4) is 0 Å². The van der Waals surface area contributed by atoms with Crippen LogP contribution in [0, 0.1) is 32.1 Å². The van der Waals surface area contributed by atoms with Gasteiger partial charge in [0.05, 0.1) is 6.07 Å². The highest BCUT2D eigenvalue weighted by Gasteiger charge is 2.24. The van der Waals surface area contributed by atoms with E-state index in [0.717, 1.165) is 16.8 Å². The number of carbonyl (C=O) groups is 2. The second-order valence-corrected chi connectivity index (χ2v) is 6.39. The van der Waals surface area contributed by atoms with Crippen molar-refractivity contribution in [2.75, 3.05) is 13.2 Å². The maximum absolute atomic E-state index is 12.1. The van der Waals surface area contributed by atoms with Crippen LogP contribution in [0.2, 0.25) is 0 Å². The van der Waals surface area contributed by atoms with Crippen LogP contribution in [0.4, 0.5) is 0 Å². The van der Waals surface area contributed by atoms with Crippen LogP contribution in [-0.2, 0) is 14.3 Å². The average molecular weight is 358 g/mol. The summed E-state index contributed by atoms with van der Waals surface area (Å²) in [5, 5.41) is 11.3. The van der Waals surface area contributed by atoms with E-state index in [1.54, 1.807) is 18.4 Å². The third-order valence-corrected chi connectivity index (χ3v) is 4.64. The molecular formula is C18H18N2O4S. The molecule has 2 rings (SSSR count). The first-order chi connectivity index (χ1) is 11.9. The topological polar surface area (TPSA) is 89.3 Å². The molecule has 0 amide bonds. The molecule has 0 saturated carbocycles. The summed E-state index contributed by atoms with van der Waals surface area (Å²) in [5.41, 5.74) is 2.73. The Kier molecular flexibility index (Phi) is 6.25. The lowest BCUT2D eigenvalue weighted by molar-refractivity contribution is -0.150. The predicted octanol–water partition coefficient (Wildman–Crippen LogP) is 2.87. The van der Waals surface area contributed by atoms with Crippen LogP contribution >= 0.6 is 11.3 Å². The largest absolute Gasteiger partial charge is 0.482 e. The molecule has 0 fully saturated rings. The van der Waals surface area contributed by atoms with Crippen molar-refractivity contribution in [3.05, 3.63) is 45.4 Å². The molecule has 0 aliphatic rings. The van der Waals surface area contributed by atoms with Gasteiger partial charge in [0.15, 0.2) is 24.9 Å². The Balaban J connectivity index is 1.86. The summed E-state index contributed by atoms with van der Waals surface area (Å²) in [5.74, 6) is -1.60. The molecule has 130 valence electrons. The summed E-state index contributed by atoms with van der Waals surface area (Å²) < 4.78 is 10.3. The van der Waals surface area contributed by atoms with Gasteiger partial charge in [0.1, 0.15) is 10.8 Å². The van der Waals surface area contributed by atoms with Gasteiger partial charge >= 0.3 is 5.97 Å². The van der Waals surface area contributed by atoms with E-state index < -0.39 is 24.3 Å². The van der Waals surface area contributed by atoms with Crippen molar-refractivity contribution in [1.82, 2.24) is 4.98 Å². The predicted molar refractivity (Wildman–Crippen MR) is 92.6 cm³/mol. The fraction of sp³-hybridized carbons (Fsp3) is 0.333. The number of esters is 1. The van der Waals surface area contributed by atoms with Crippen LogP contribution in [0.25, 0.3) is 0 Å². The molecule has 0 N–H and O–H groups in total. The van der Waals surface area contributed by atoms with Crippen molar-refractivity contribution in [2.24, 2.45) is 0 Å². The summed E-state index contributed by atoms with van der Waals surface area (Å²) in [7, 11) is 0. The highest BCUT2D eigenvalue weighted by Crippen LogP contribution is 2.21. The van der Waals surface area contributed by atoms with Crippen LogP contribution in [0.5, 0.6) is 5.75 Å². The number of ketones is 1. The zero-order valence-electron chi connectivity index (χ0n) is 14.2. The normalized spacial score (nSPS) is 11.4. The molecule has 7 heteroatoms.